The third-order valence-corrected chi connectivity index (χ3v) is 4.03. The lowest BCUT2D eigenvalue weighted by Gasteiger charge is -2.03. The first-order valence-electron chi connectivity index (χ1n) is 5.84. The fraction of sp³-hybridized carbons (Fsp3) is 0.500. The molecular formula is C10H13ClN6O2S. The van der Waals surface area contributed by atoms with E-state index < -0.39 is 5.97 Å². The summed E-state index contributed by atoms with van der Waals surface area (Å²) in [6.45, 7) is 1.72. The van der Waals surface area contributed by atoms with E-state index in [2.05, 4.69) is 20.6 Å². The monoisotopic (exact) mass is 316 g/mol. The van der Waals surface area contributed by atoms with E-state index in [1.807, 2.05) is 14.0 Å². The second-order valence-corrected chi connectivity index (χ2v) is 5.31. The van der Waals surface area contributed by atoms with Crippen molar-refractivity contribution in [1.82, 2.24) is 30.0 Å². The van der Waals surface area contributed by atoms with Crippen molar-refractivity contribution in [2.75, 3.05) is 0 Å². The van der Waals surface area contributed by atoms with E-state index >= 15 is 0 Å². The van der Waals surface area contributed by atoms with Gasteiger partial charge in [-0.1, -0.05) is 30.3 Å². The topological polar surface area (TPSA) is 98.7 Å². The zero-order valence-corrected chi connectivity index (χ0v) is 12.5. The normalized spacial score (nSPS) is 10.9. The Morgan fingerprint density at radius 3 is 2.85 bits per heavy atom. The standard InChI is InChI=1S/C10H13ClN6O2S/c1-3-6-9(11)7(16(2)13-6)5-20-10-12-14-15-17(10)4-8(18)19/h3-5H2,1-2H3,(H,18,19). The highest BCUT2D eigenvalue weighted by atomic mass is 35.5. The maximum absolute atomic E-state index is 10.7. The van der Waals surface area contributed by atoms with Gasteiger partial charge < -0.3 is 5.11 Å². The molecule has 0 aromatic carbocycles. The molecule has 20 heavy (non-hydrogen) atoms. The fourth-order valence-electron chi connectivity index (χ4n) is 1.64. The third-order valence-electron chi connectivity index (χ3n) is 2.63. The highest BCUT2D eigenvalue weighted by molar-refractivity contribution is 7.98. The molecule has 0 bridgehead atoms. The van der Waals surface area contributed by atoms with Crippen LogP contribution in [0.4, 0.5) is 0 Å². The predicted molar refractivity (Wildman–Crippen MR) is 72.6 cm³/mol. The Morgan fingerprint density at radius 1 is 1.50 bits per heavy atom. The fourth-order valence-corrected chi connectivity index (χ4v) is 3.02. The lowest BCUT2D eigenvalue weighted by atomic mass is 10.3. The van der Waals surface area contributed by atoms with Crippen LogP contribution in [-0.2, 0) is 30.6 Å². The summed E-state index contributed by atoms with van der Waals surface area (Å²) in [5.74, 6) is -0.478. The Bertz CT molecular complexity index is 625. The molecule has 0 saturated heterocycles. The number of carboxylic acid groups (broad SMARTS) is 1. The van der Waals surface area contributed by atoms with E-state index in [1.165, 1.54) is 16.4 Å². The van der Waals surface area contributed by atoms with Gasteiger partial charge in [-0.2, -0.15) is 5.10 Å². The van der Waals surface area contributed by atoms with Crippen LogP contribution < -0.4 is 0 Å². The minimum Gasteiger partial charge on any atom is -0.480 e. The van der Waals surface area contributed by atoms with E-state index in [9.17, 15) is 4.79 Å². The largest absolute Gasteiger partial charge is 0.480 e. The van der Waals surface area contributed by atoms with E-state index in [0.29, 0.717) is 15.9 Å². The van der Waals surface area contributed by atoms with Crippen molar-refractivity contribution in [3.8, 4) is 0 Å². The summed E-state index contributed by atoms with van der Waals surface area (Å²) in [6.07, 6.45) is 0.758. The number of tetrazole rings is 1. The molecule has 2 aromatic rings. The van der Waals surface area contributed by atoms with Gasteiger partial charge in [0.05, 0.1) is 16.4 Å². The highest BCUT2D eigenvalue weighted by Crippen LogP contribution is 2.27. The smallest absolute Gasteiger partial charge is 0.325 e. The quantitative estimate of drug-likeness (QED) is 0.794. The number of carbonyl (C=O) groups is 1. The van der Waals surface area contributed by atoms with Gasteiger partial charge in [0.25, 0.3) is 0 Å². The molecule has 0 fully saturated rings. The van der Waals surface area contributed by atoms with Gasteiger partial charge in [-0.3, -0.25) is 9.48 Å². The molecule has 2 heterocycles. The third kappa shape index (κ3) is 3.10. The van der Waals surface area contributed by atoms with Crippen LogP contribution in [0.5, 0.6) is 0 Å². The van der Waals surface area contributed by atoms with Gasteiger partial charge in [-0.25, -0.2) is 4.68 Å². The summed E-state index contributed by atoms with van der Waals surface area (Å²) in [5.41, 5.74) is 1.70. The first-order chi connectivity index (χ1) is 9.52. The number of carboxylic acids is 1. The Kier molecular flexibility index (Phi) is 4.61. The van der Waals surface area contributed by atoms with Crippen LogP contribution in [0.15, 0.2) is 5.16 Å². The number of thioether (sulfide) groups is 1. The van der Waals surface area contributed by atoms with Crippen LogP contribution in [0.25, 0.3) is 0 Å². The number of hydrogen-bond acceptors (Lipinski definition) is 6. The number of nitrogens with zero attached hydrogens (tertiary/aromatic N) is 6. The Hall–Kier alpha value is -1.61. The molecule has 1 N–H and O–H groups in total. The summed E-state index contributed by atoms with van der Waals surface area (Å²) in [7, 11) is 1.82. The molecule has 2 aromatic heterocycles. The Balaban J connectivity index is 2.11. The van der Waals surface area contributed by atoms with Crippen LogP contribution >= 0.6 is 23.4 Å². The van der Waals surface area contributed by atoms with Crippen molar-refractivity contribution >= 4 is 29.3 Å². The van der Waals surface area contributed by atoms with Gasteiger partial charge in [-0.05, 0) is 16.8 Å². The minimum absolute atomic E-state index is 0.269. The first-order valence-corrected chi connectivity index (χ1v) is 7.20. The highest BCUT2D eigenvalue weighted by Gasteiger charge is 2.16. The lowest BCUT2D eigenvalue weighted by molar-refractivity contribution is -0.138. The molecule has 0 spiro atoms. The molecule has 0 aliphatic rings. The molecule has 0 atom stereocenters. The maximum Gasteiger partial charge on any atom is 0.325 e. The number of aryl methyl sites for hydroxylation is 2. The Labute approximate surface area is 124 Å². The van der Waals surface area contributed by atoms with Gasteiger partial charge in [0, 0.05) is 12.8 Å². The first kappa shape index (κ1) is 14.8. The van der Waals surface area contributed by atoms with Crippen molar-refractivity contribution < 1.29 is 9.90 Å². The molecule has 8 nitrogen and oxygen atoms in total. The zero-order chi connectivity index (χ0) is 14.7. The molecule has 0 amide bonds. The van der Waals surface area contributed by atoms with Crippen LogP contribution in [-0.4, -0.2) is 41.1 Å². The number of hydrogen-bond donors (Lipinski definition) is 1. The second kappa shape index (κ2) is 6.23. The lowest BCUT2D eigenvalue weighted by Crippen LogP contribution is -2.11. The summed E-state index contributed by atoms with van der Waals surface area (Å²) < 4.78 is 2.96. The van der Waals surface area contributed by atoms with Crippen LogP contribution in [0, 0.1) is 0 Å². The predicted octanol–water partition coefficient (Wildman–Crippen LogP) is 0.999. The zero-order valence-electron chi connectivity index (χ0n) is 10.9. The van der Waals surface area contributed by atoms with Gasteiger partial charge in [-0.15, -0.1) is 5.10 Å². The van der Waals surface area contributed by atoms with Crippen molar-refractivity contribution in [3.63, 3.8) is 0 Å². The molecule has 0 unspecified atom stereocenters. The van der Waals surface area contributed by atoms with Gasteiger partial charge >= 0.3 is 5.97 Å². The number of aliphatic carboxylic acids is 1. The maximum atomic E-state index is 10.7. The molecule has 108 valence electrons. The van der Waals surface area contributed by atoms with Crippen LogP contribution in [0.1, 0.15) is 18.3 Å². The molecular weight excluding hydrogens is 304 g/mol. The van der Waals surface area contributed by atoms with E-state index in [1.54, 1.807) is 4.68 Å². The average molecular weight is 317 g/mol. The summed E-state index contributed by atoms with van der Waals surface area (Å²) in [5, 5.41) is 25.1. The molecule has 0 aliphatic carbocycles. The van der Waals surface area contributed by atoms with Crippen molar-refractivity contribution in [1.29, 1.82) is 0 Å². The van der Waals surface area contributed by atoms with Gasteiger partial charge in [0.1, 0.15) is 6.54 Å². The summed E-state index contributed by atoms with van der Waals surface area (Å²) in [6, 6.07) is 0. The van der Waals surface area contributed by atoms with E-state index in [4.69, 9.17) is 16.7 Å². The van der Waals surface area contributed by atoms with Crippen molar-refractivity contribution in [2.45, 2.75) is 30.8 Å². The van der Waals surface area contributed by atoms with E-state index in [0.717, 1.165) is 17.8 Å². The molecule has 2 rings (SSSR count). The van der Waals surface area contributed by atoms with Crippen molar-refractivity contribution in [3.05, 3.63) is 16.4 Å². The number of rotatable bonds is 6. The van der Waals surface area contributed by atoms with Crippen LogP contribution in [0.3, 0.4) is 0 Å². The Morgan fingerprint density at radius 2 is 2.25 bits per heavy atom. The van der Waals surface area contributed by atoms with Gasteiger partial charge in [0.15, 0.2) is 0 Å². The molecule has 0 radical (unpaired) electrons. The molecule has 10 heteroatoms. The summed E-state index contributed by atoms with van der Waals surface area (Å²) >= 11 is 7.56. The van der Waals surface area contributed by atoms with E-state index in [-0.39, 0.29) is 6.54 Å². The number of aromatic nitrogens is 6. The second-order valence-electron chi connectivity index (χ2n) is 3.99. The molecule has 0 saturated carbocycles. The number of halogens is 1. The SMILES string of the molecule is CCc1nn(C)c(CSc2nnnn2CC(=O)O)c1Cl. The average Bonchev–Trinajstić information content (AvgIpc) is 2.92. The van der Waals surface area contributed by atoms with Crippen LogP contribution in [0.2, 0.25) is 5.02 Å². The minimum atomic E-state index is -0.994. The van der Waals surface area contributed by atoms with Gasteiger partial charge in [0.2, 0.25) is 5.16 Å². The van der Waals surface area contributed by atoms with Crippen molar-refractivity contribution in [2.24, 2.45) is 7.05 Å². The summed E-state index contributed by atoms with van der Waals surface area (Å²) in [4.78, 5) is 10.7. The molecule has 0 aliphatic heterocycles.